The molecule has 15 nitrogen and oxygen atoms in total. The van der Waals surface area contributed by atoms with Crippen LogP contribution in [0.1, 0.15) is 30.9 Å². The summed E-state index contributed by atoms with van der Waals surface area (Å²) in [5, 5.41) is 52.4. The van der Waals surface area contributed by atoms with Crippen molar-refractivity contribution in [1.29, 1.82) is 0 Å². The van der Waals surface area contributed by atoms with Gasteiger partial charge in [-0.2, -0.15) is 0 Å². The number of carbonyl (C=O) groups is 6. The highest BCUT2D eigenvalue weighted by molar-refractivity contribution is 5.95. The van der Waals surface area contributed by atoms with Crippen molar-refractivity contribution < 1.29 is 54.3 Å². The molecule has 0 spiro atoms. The van der Waals surface area contributed by atoms with Gasteiger partial charge in [0.05, 0.1) is 19.1 Å². The number of carboxylic acid groups (broad SMARTS) is 3. The summed E-state index contributed by atoms with van der Waals surface area (Å²) in [6.45, 7) is -0.197. The van der Waals surface area contributed by atoms with Gasteiger partial charge in [0.25, 0.3) is 0 Å². The van der Waals surface area contributed by atoms with Gasteiger partial charge in [0.2, 0.25) is 17.7 Å². The number of hydrogen-bond donors (Lipinski definition) is 7. The highest BCUT2D eigenvalue weighted by Gasteiger charge is 2.41. The van der Waals surface area contributed by atoms with Crippen molar-refractivity contribution in [1.82, 2.24) is 20.4 Å². The molecule has 3 rings (SSSR count). The summed E-state index contributed by atoms with van der Waals surface area (Å²) >= 11 is 0. The van der Waals surface area contributed by atoms with Crippen LogP contribution < -0.4 is 10.6 Å². The van der Waals surface area contributed by atoms with Gasteiger partial charge in [0.1, 0.15) is 29.6 Å². The third-order valence-corrected chi connectivity index (χ3v) is 7.34. The van der Waals surface area contributed by atoms with Gasteiger partial charge in [-0.05, 0) is 61.6 Å². The van der Waals surface area contributed by atoms with E-state index in [1.165, 1.54) is 60.4 Å². The first-order valence-corrected chi connectivity index (χ1v) is 14.1. The highest BCUT2D eigenvalue weighted by Crippen LogP contribution is 2.23. The van der Waals surface area contributed by atoms with Gasteiger partial charge in [0, 0.05) is 13.0 Å². The number of hydrogen-bond acceptors (Lipinski definition) is 9. The molecule has 0 radical (unpaired) electrons. The molecule has 0 aromatic heterocycles. The molecule has 0 bridgehead atoms. The van der Waals surface area contributed by atoms with Crippen molar-refractivity contribution in [3.63, 3.8) is 0 Å². The average molecular weight is 629 g/mol. The second-order valence-corrected chi connectivity index (χ2v) is 10.8. The molecule has 2 aromatic rings. The largest absolute Gasteiger partial charge is 0.508 e. The van der Waals surface area contributed by atoms with Crippen LogP contribution in [0.2, 0.25) is 0 Å². The Morgan fingerprint density at radius 3 is 1.82 bits per heavy atom. The fourth-order valence-corrected chi connectivity index (χ4v) is 5.07. The van der Waals surface area contributed by atoms with E-state index >= 15 is 0 Å². The lowest BCUT2D eigenvalue weighted by Gasteiger charge is -2.34. The quantitative estimate of drug-likeness (QED) is 0.136. The number of aromatic hydroxyl groups is 2. The Morgan fingerprint density at radius 2 is 1.33 bits per heavy atom. The summed E-state index contributed by atoms with van der Waals surface area (Å²) in [4.78, 5) is 77.5. The monoisotopic (exact) mass is 628 g/mol. The smallest absolute Gasteiger partial charge is 0.325 e. The van der Waals surface area contributed by atoms with E-state index in [0.29, 0.717) is 17.5 Å². The van der Waals surface area contributed by atoms with E-state index in [9.17, 15) is 54.3 Å². The Labute approximate surface area is 258 Å². The zero-order valence-electron chi connectivity index (χ0n) is 24.5. The van der Waals surface area contributed by atoms with Gasteiger partial charge in [-0.15, -0.1) is 0 Å². The normalized spacial score (nSPS) is 16.4. The summed E-state index contributed by atoms with van der Waals surface area (Å²) in [5.74, 6) is -6.29. The highest BCUT2D eigenvalue weighted by atomic mass is 16.4. The number of carbonyl (C=O) groups excluding carboxylic acids is 3. The molecule has 2 aromatic carbocycles. The molecule has 1 fully saturated rings. The predicted octanol–water partition coefficient (Wildman–Crippen LogP) is -0.212. The van der Waals surface area contributed by atoms with Gasteiger partial charge in [0.15, 0.2) is 0 Å². The van der Waals surface area contributed by atoms with Crippen LogP contribution in [0.5, 0.6) is 11.5 Å². The third-order valence-electron chi connectivity index (χ3n) is 7.34. The summed E-state index contributed by atoms with van der Waals surface area (Å²) in [6, 6.07) is 6.66. The van der Waals surface area contributed by atoms with E-state index in [4.69, 9.17) is 0 Å². The standard InChI is InChI=1S/C30H36N4O11/c1-17(30(44)45)31-27(41)22(13-18-4-8-20(35)9-5-18)32-28(42)23-3-2-12-34(23)29(43)24(14-19-6-10-21(36)11-7-19)33(15-25(37)38)16-26(39)40/h4-11,17,22-24,35-36H,2-3,12-16H2,1H3,(H,31,41)(H,32,42)(H,37,38)(H,39,40)(H,44,45)/t17-,22-,23-,24-/m0/s1. The molecule has 0 unspecified atom stereocenters. The van der Waals surface area contributed by atoms with E-state index in [1.54, 1.807) is 0 Å². The van der Waals surface area contributed by atoms with Crippen molar-refractivity contribution in [2.75, 3.05) is 19.6 Å². The lowest BCUT2D eigenvalue weighted by molar-refractivity contribution is -0.149. The fourth-order valence-electron chi connectivity index (χ4n) is 5.07. The minimum Gasteiger partial charge on any atom is -0.508 e. The van der Waals surface area contributed by atoms with Gasteiger partial charge >= 0.3 is 17.9 Å². The topological polar surface area (TPSA) is 234 Å². The van der Waals surface area contributed by atoms with Crippen LogP contribution >= 0.6 is 0 Å². The molecule has 0 aliphatic carbocycles. The lowest BCUT2D eigenvalue weighted by atomic mass is 10.0. The number of benzene rings is 2. The number of nitrogens with zero attached hydrogens (tertiary/aromatic N) is 2. The summed E-state index contributed by atoms with van der Waals surface area (Å²) in [7, 11) is 0. The third kappa shape index (κ3) is 9.92. The van der Waals surface area contributed by atoms with E-state index < -0.39 is 72.9 Å². The molecule has 15 heteroatoms. The second kappa shape index (κ2) is 15.5. The van der Waals surface area contributed by atoms with Crippen LogP contribution in [0.15, 0.2) is 48.5 Å². The maximum atomic E-state index is 14.0. The Morgan fingerprint density at radius 1 is 0.822 bits per heavy atom. The van der Waals surface area contributed by atoms with Crippen molar-refractivity contribution >= 4 is 35.6 Å². The molecule has 1 saturated heterocycles. The Kier molecular flexibility index (Phi) is 11.8. The molecule has 4 atom stereocenters. The molecule has 7 N–H and O–H groups in total. The van der Waals surface area contributed by atoms with E-state index in [2.05, 4.69) is 10.6 Å². The molecule has 0 saturated carbocycles. The van der Waals surface area contributed by atoms with Crippen molar-refractivity contribution in [3.05, 3.63) is 59.7 Å². The molecule has 242 valence electrons. The maximum absolute atomic E-state index is 14.0. The molecular weight excluding hydrogens is 592 g/mol. The number of phenols is 2. The van der Waals surface area contributed by atoms with Crippen molar-refractivity contribution in [3.8, 4) is 11.5 Å². The molecule has 3 amide bonds. The van der Waals surface area contributed by atoms with Crippen LogP contribution in [-0.4, -0.2) is 115 Å². The number of likely N-dealkylation sites (tertiary alicyclic amines) is 1. The zero-order chi connectivity index (χ0) is 33.3. The zero-order valence-corrected chi connectivity index (χ0v) is 24.5. The maximum Gasteiger partial charge on any atom is 0.325 e. The number of aliphatic carboxylic acids is 3. The fraction of sp³-hybridized carbons (Fsp3) is 0.400. The first-order valence-electron chi connectivity index (χ1n) is 14.1. The van der Waals surface area contributed by atoms with Crippen molar-refractivity contribution in [2.24, 2.45) is 0 Å². The Bertz CT molecular complexity index is 1380. The lowest BCUT2D eigenvalue weighted by Crippen LogP contribution is -2.58. The summed E-state index contributed by atoms with van der Waals surface area (Å²) in [5.41, 5.74) is 1.05. The summed E-state index contributed by atoms with van der Waals surface area (Å²) in [6.07, 6.45) is 0.391. The van der Waals surface area contributed by atoms with Crippen LogP contribution in [0.4, 0.5) is 0 Å². The summed E-state index contributed by atoms with van der Waals surface area (Å²) < 4.78 is 0. The molecular formula is C30H36N4O11. The van der Waals surface area contributed by atoms with Gasteiger partial charge < -0.3 is 41.1 Å². The van der Waals surface area contributed by atoms with Crippen LogP contribution in [0.3, 0.4) is 0 Å². The predicted molar refractivity (Wildman–Crippen MR) is 156 cm³/mol. The Hall–Kier alpha value is -5.18. The van der Waals surface area contributed by atoms with Gasteiger partial charge in [-0.3, -0.25) is 33.7 Å². The molecule has 1 heterocycles. The van der Waals surface area contributed by atoms with Crippen molar-refractivity contribution in [2.45, 2.75) is 56.8 Å². The minimum absolute atomic E-state index is 0.0231. The molecule has 45 heavy (non-hydrogen) atoms. The molecule has 1 aliphatic heterocycles. The van der Waals surface area contributed by atoms with Crippen LogP contribution in [0.25, 0.3) is 0 Å². The molecule has 1 aliphatic rings. The van der Waals surface area contributed by atoms with E-state index in [-0.39, 0.29) is 37.3 Å². The number of carboxylic acids is 3. The number of rotatable bonds is 15. The number of amides is 3. The first-order chi connectivity index (χ1) is 21.2. The SMILES string of the molecule is C[C@H](NC(=O)[C@H](Cc1ccc(O)cc1)NC(=O)[C@@H]1CCCN1C(=O)[C@H](Cc1ccc(O)cc1)N(CC(=O)O)CC(=O)O)C(=O)O. The first kappa shape index (κ1) is 34.3. The van der Waals surface area contributed by atoms with E-state index in [1.807, 2.05) is 0 Å². The van der Waals surface area contributed by atoms with Crippen LogP contribution in [0, 0.1) is 0 Å². The number of phenolic OH excluding ortho intramolecular Hbond substituents is 2. The minimum atomic E-state index is -1.37. The number of nitrogens with one attached hydrogen (secondary N) is 2. The average Bonchev–Trinajstić information content (AvgIpc) is 3.46. The second-order valence-electron chi connectivity index (χ2n) is 10.8. The van der Waals surface area contributed by atoms with Gasteiger partial charge in [-0.1, -0.05) is 24.3 Å². The van der Waals surface area contributed by atoms with Gasteiger partial charge in [-0.25, -0.2) is 0 Å². The van der Waals surface area contributed by atoms with E-state index in [0.717, 1.165) is 4.90 Å². The van der Waals surface area contributed by atoms with Crippen LogP contribution in [-0.2, 0) is 41.6 Å². The Balaban J connectivity index is 1.89.